The fourth-order valence-electron chi connectivity index (χ4n) is 4.09. The molecule has 2 N–H and O–H groups in total. The van der Waals surface area contributed by atoms with Crippen molar-refractivity contribution in [2.24, 2.45) is 41.2 Å². The van der Waals surface area contributed by atoms with Gasteiger partial charge in [-0.15, -0.1) is 0 Å². The molecule has 14 heavy (non-hydrogen) atoms. The lowest BCUT2D eigenvalue weighted by molar-refractivity contribution is -0.0547. The van der Waals surface area contributed by atoms with E-state index in [4.69, 9.17) is 18.4 Å². The van der Waals surface area contributed by atoms with Gasteiger partial charge in [-0.25, -0.2) is 0 Å². The third-order valence-electron chi connectivity index (χ3n) is 5.11. The Bertz CT molecular complexity index is 240. The van der Waals surface area contributed by atoms with Crippen molar-refractivity contribution in [2.45, 2.75) is 25.1 Å². The first-order chi connectivity index (χ1) is 6.63. The molecule has 2 saturated carbocycles. The molecule has 6 aliphatic rings. The van der Waals surface area contributed by atoms with Crippen molar-refractivity contribution in [2.75, 3.05) is 0 Å². The topological polar surface area (TPSA) is 26.0 Å². The molecule has 8 unspecified atom stereocenters. The predicted octanol–water partition coefficient (Wildman–Crippen LogP) is 1.95. The first kappa shape index (κ1) is 9.29. The van der Waals surface area contributed by atoms with Crippen molar-refractivity contribution in [1.82, 2.24) is 0 Å². The van der Waals surface area contributed by atoms with Crippen LogP contribution < -0.4 is 5.73 Å². The standard InChI is InChI=1S/C12H19NS/c1-5-7-3-4-8-6(2)10(12(8)14)9(5)11(7)13/h3-12,14H,13H2,1-2H3/b4-3-. The van der Waals surface area contributed by atoms with Crippen molar-refractivity contribution in [3.05, 3.63) is 12.2 Å². The molecule has 0 radical (unpaired) electrons. The fourth-order valence-corrected chi connectivity index (χ4v) is 4.93. The second-order valence-electron chi connectivity index (χ2n) is 5.48. The molecule has 8 atom stereocenters. The van der Waals surface area contributed by atoms with Gasteiger partial charge in [0, 0.05) is 11.3 Å². The van der Waals surface area contributed by atoms with Gasteiger partial charge in [0.1, 0.15) is 0 Å². The number of nitrogens with two attached hydrogens (primary N) is 1. The van der Waals surface area contributed by atoms with Gasteiger partial charge in [0.15, 0.2) is 0 Å². The third kappa shape index (κ3) is 0.873. The van der Waals surface area contributed by atoms with Crippen LogP contribution >= 0.6 is 12.6 Å². The Morgan fingerprint density at radius 3 is 2.14 bits per heavy atom. The summed E-state index contributed by atoms with van der Waals surface area (Å²) in [6.07, 6.45) is 4.75. The molecule has 78 valence electrons. The van der Waals surface area contributed by atoms with Crippen LogP contribution in [0.3, 0.4) is 0 Å². The van der Waals surface area contributed by atoms with Gasteiger partial charge in [-0.2, -0.15) is 12.6 Å². The molecule has 0 spiro atoms. The van der Waals surface area contributed by atoms with Gasteiger partial charge in [0.05, 0.1) is 0 Å². The van der Waals surface area contributed by atoms with Gasteiger partial charge in [0.2, 0.25) is 0 Å². The summed E-state index contributed by atoms with van der Waals surface area (Å²) < 4.78 is 0. The van der Waals surface area contributed by atoms with Crippen LogP contribution in [-0.4, -0.2) is 11.3 Å². The summed E-state index contributed by atoms with van der Waals surface area (Å²) >= 11 is 4.74. The van der Waals surface area contributed by atoms with Crippen LogP contribution in [0.1, 0.15) is 13.8 Å². The van der Waals surface area contributed by atoms with Crippen LogP contribution in [0.25, 0.3) is 0 Å². The SMILES string of the molecule is CC1C2/C=C\C3C(C)C(C3S)C1C2N. The van der Waals surface area contributed by atoms with Crippen LogP contribution in [0.15, 0.2) is 12.2 Å². The lowest BCUT2D eigenvalue weighted by atomic mass is 9.46. The number of hydrogen-bond acceptors (Lipinski definition) is 2. The number of allylic oxidation sites excluding steroid dienone is 1. The lowest BCUT2D eigenvalue weighted by Crippen LogP contribution is -2.66. The zero-order chi connectivity index (χ0) is 10.0. The van der Waals surface area contributed by atoms with E-state index < -0.39 is 0 Å². The summed E-state index contributed by atoms with van der Waals surface area (Å²) in [4.78, 5) is 0. The molecule has 2 fully saturated rings. The molecule has 1 nitrogen and oxygen atoms in total. The number of thiol groups is 1. The van der Waals surface area contributed by atoms with Gasteiger partial charge < -0.3 is 5.73 Å². The van der Waals surface area contributed by atoms with Crippen LogP contribution in [0.5, 0.6) is 0 Å². The highest BCUT2D eigenvalue weighted by molar-refractivity contribution is 7.81. The highest BCUT2D eigenvalue weighted by atomic mass is 32.1. The van der Waals surface area contributed by atoms with Crippen LogP contribution in [0.2, 0.25) is 0 Å². The summed E-state index contributed by atoms with van der Waals surface area (Å²) in [6, 6.07) is 0.407. The van der Waals surface area contributed by atoms with Crippen molar-refractivity contribution in [3.8, 4) is 0 Å². The fraction of sp³-hybridized carbons (Fsp3) is 0.833. The maximum Gasteiger partial charge on any atom is 0.0139 e. The van der Waals surface area contributed by atoms with E-state index >= 15 is 0 Å². The molecule has 0 aromatic carbocycles. The van der Waals surface area contributed by atoms with E-state index in [2.05, 4.69) is 26.0 Å². The maximum absolute atomic E-state index is 6.24. The monoisotopic (exact) mass is 209 g/mol. The largest absolute Gasteiger partial charge is 0.327 e. The van der Waals surface area contributed by atoms with Crippen molar-refractivity contribution >= 4 is 12.6 Å². The smallest absolute Gasteiger partial charge is 0.0139 e. The molecule has 0 aromatic heterocycles. The summed E-state index contributed by atoms with van der Waals surface area (Å²) in [7, 11) is 0. The minimum absolute atomic E-state index is 0.407. The minimum Gasteiger partial charge on any atom is -0.327 e. The molecule has 2 heteroatoms. The Balaban J connectivity index is 1.98. The van der Waals surface area contributed by atoms with E-state index in [9.17, 15) is 0 Å². The summed E-state index contributed by atoms with van der Waals surface area (Å²) in [6.45, 7) is 4.72. The average Bonchev–Trinajstić information content (AvgIpc) is 2.15. The van der Waals surface area contributed by atoms with Crippen LogP contribution in [0, 0.1) is 35.5 Å². The molecular formula is C12H19NS. The molecular weight excluding hydrogens is 190 g/mol. The lowest BCUT2D eigenvalue weighted by Gasteiger charge is -2.62. The van der Waals surface area contributed by atoms with Crippen LogP contribution in [-0.2, 0) is 0 Å². The zero-order valence-electron chi connectivity index (χ0n) is 8.80. The Hall–Kier alpha value is 0.0500. The van der Waals surface area contributed by atoms with Crippen molar-refractivity contribution < 1.29 is 0 Å². The zero-order valence-corrected chi connectivity index (χ0v) is 9.69. The van der Waals surface area contributed by atoms with Crippen molar-refractivity contribution in [3.63, 3.8) is 0 Å². The van der Waals surface area contributed by atoms with Crippen LogP contribution in [0.4, 0.5) is 0 Å². The van der Waals surface area contributed by atoms with E-state index in [1.165, 1.54) is 0 Å². The van der Waals surface area contributed by atoms with Gasteiger partial charge in [0.25, 0.3) is 0 Å². The molecule has 0 saturated heterocycles. The first-order valence-corrected chi connectivity index (χ1v) is 6.26. The molecule has 0 aliphatic heterocycles. The second kappa shape index (κ2) is 2.79. The summed E-state index contributed by atoms with van der Waals surface area (Å²) in [5.41, 5.74) is 6.24. The molecule has 0 amide bonds. The van der Waals surface area contributed by atoms with Gasteiger partial charge in [-0.3, -0.25) is 0 Å². The predicted molar refractivity (Wildman–Crippen MR) is 62.2 cm³/mol. The van der Waals surface area contributed by atoms with E-state index in [1.54, 1.807) is 0 Å². The highest BCUT2D eigenvalue weighted by Crippen LogP contribution is 2.59. The molecule has 0 aromatic rings. The maximum atomic E-state index is 6.24. The van der Waals surface area contributed by atoms with Gasteiger partial charge in [-0.05, 0) is 35.5 Å². The number of hydrogen-bond donors (Lipinski definition) is 2. The normalized spacial score (nSPS) is 67.1. The number of rotatable bonds is 0. The second-order valence-corrected chi connectivity index (χ2v) is 6.08. The van der Waals surface area contributed by atoms with E-state index in [0.29, 0.717) is 23.1 Å². The Morgan fingerprint density at radius 2 is 1.57 bits per heavy atom. The molecule has 0 heterocycles. The van der Waals surface area contributed by atoms with E-state index in [0.717, 1.165) is 23.7 Å². The average molecular weight is 209 g/mol. The first-order valence-electron chi connectivity index (χ1n) is 5.75. The van der Waals surface area contributed by atoms with E-state index in [1.807, 2.05) is 0 Å². The van der Waals surface area contributed by atoms with Crippen molar-refractivity contribution in [1.29, 1.82) is 0 Å². The molecule has 4 bridgehead atoms. The Labute approximate surface area is 91.5 Å². The van der Waals surface area contributed by atoms with Gasteiger partial charge in [-0.1, -0.05) is 26.0 Å². The Morgan fingerprint density at radius 1 is 1.00 bits per heavy atom. The Kier molecular flexibility index (Phi) is 1.85. The quantitative estimate of drug-likeness (QED) is 0.463. The van der Waals surface area contributed by atoms with Gasteiger partial charge >= 0.3 is 0 Å². The molecule has 6 rings (SSSR count). The highest BCUT2D eigenvalue weighted by Gasteiger charge is 2.58. The molecule has 6 aliphatic carbocycles. The third-order valence-corrected chi connectivity index (χ3v) is 5.79. The summed E-state index contributed by atoms with van der Waals surface area (Å²) in [5, 5.41) is 0.570. The summed E-state index contributed by atoms with van der Waals surface area (Å²) in [5.74, 6) is 4.46. The van der Waals surface area contributed by atoms with E-state index in [-0.39, 0.29) is 0 Å². The minimum atomic E-state index is 0.407.